The number of allylic oxidation sites excluding steroid dienone is 4. The molecule has 40 valence electrons. The van der Waals surface area contributed by atoms with Crippen molar-refractivity contribution in [3.8, 4) is 0 Å². The molecule has 0 aliphatic carbocycles. The molecule has 0 spiro atoms. The smallest absolute Gasteiger partial charge is 0.0215 e. The maximum atomic E-state index is 4.04. The van der Waals surface area contributed by atoms with Gasteiger partial charge in [0.05, 0.1) is 0 Å². The van der Waals surface area contributed by atoms with Gasteiger partial charge in [-0.15, -0.1) is 12.6 Å². The first kappa shape index (κ1) is 6.83. The van der Waals surface area contributed by atoms with Crippen molar-refractivity contribution in [2.24, 2.45) is 0 Å². The van der Waals surface area contributed by atoms with Crippen LogP contribution in [-0.4, -0.2) is 0 Å². The lowest BCUT2D eigenvalue weighted by Crippen LogP contribution is -1.51. The average Bonchev–Trinajstić information content (AvgIpc) is 1.61. The number of thiol groups is 1. The first-order valence-electron chi connectivity index (χ1n) is 2.26. The van der Waals surface area contributed by atoms with Crippen LogP contribution in [0, 0.1) is 0 Å². The van der Waals surface area contributed by atoms with Gasteiger partial charge in [0.2, 0.25) is 0 Å². The van der Waals surface area contributed by atoms with Gasteiger partial charge in [0, 0.05) is 0 Å². The largest absolute Gasteiger partial charge is 0.148 e. The fourth-order valence-corrected chi connectivity index (χ4v) is 0.322. The van der Waals surface area contributed by atoms with Gasteiger partial charge in [-0.3, -0.25) is 0 Å². The van der Waals surface area contributed by atoms with Crippen LogP contribution in [0.3, 0.4) is 0 Å². The number of hydrogen-bond donors (Lipinski definition) is 1. The van der Waals surface area contributed by atoms with Crippen molar-refractivity contribution in [2.75, 3.05) is 0 Å². The van der Waals surface area contributed by atoms with E-state index in [2.05, 4.69) is 12.6 Å². The number of hydrogen-bond acceptors (Lipinski definition) is 1. The molecule has 0 N–H and O–H groups in total. The number of rotatable bonds is 1. The van der Waals surface area contributed by atoms with E-state index < -0.39 is 0 Å². The van der Waals surface area contributed by atoms with Gasteiger partial charge in [0.1, 0.15) is 0 Å². The standard InChI is InChI=1S/C6H10S/c1-3-4-5-6(2)7/h3-5,7H,1-2H3/b4-3?,6-5-. The molecule has 0 aliphatic rings. The summed E-state index contributed by atoms with van der Waals surface area (Å²) in [7, 11) is 0. The molecule has 0 radical (unpaired) electrons. The maximum Gasteiger partial charge on any atom is -0.0215 e. The van der Waals surface area contributed by atoms with Crippen molar-refractivity contribution in [1.82, 2.24) is 0 Å². The first-order valence-corrected chi connectivity index (χ1v) is 2.70. The molecule has 0 saturated heterocycles. The van der Waals surface area contributed by atoms with Crippen molar-refractivity contribution < 1.29 is 0 Å². The highest BCUT2D eigenvalue weighted by Gasteiger charge is 1.66. The van der Waals surface area contributed by atoms with E-state index in [1.54, 1.807) is 0 Å². The van der Waals surface area contributed by atoms with E-state index in [4.69, 9.17) is 0 Å². The maximum absolute atomic E-state index is 4.04. The van der Waals surface area contributed by atoms with Crippen LogP contribution in [0.5, 0.6) is 0 Å². The summed E-state index contributed by atoms with van der Waals surface area (Å²) in [5.41, 5.74) is 0. The Balaban J connectivity index is 3.46. The third-order valence-corrected chi connectivity index (χ3v) is 0.679. The molecule has 0 bridgehead atoms. The van der Waals surface area contributed by atoms with Crippen LogP contribution in [0.25, 0.3) is 0 Å². The monoisotopic (exact) mass is 114 g/mol. The van der Waals surface area contributed by atoms with Gasteiger partial charge in [0.25, 0.3) is 0 Å². The van der Waals surface area contributed by atoms with Crippen LogP contribution >= 0.6 is 12.6 Å². The Hall–Kier alpha value is -0.170. The zero-order chi connectivity index (χ0) is 5.70. The Morgan fingerprint density at radius 2 is 2.14 bits per heavy atom. The molecular weight excluding hydrogens is 104 g/mol. The SMILES string of the molecule is CC=C/C=C(/C)S. The summed E-state index contributed by atoms with van der Waals surface area (Å²) in [6.07, 6.45) is 5.88. The Morgan fingerprint density at radius 3 is 2.29 bits per heavy atom. The van der Waals surface area contributed by atoms with E-state index >= 15 is 0 Å². The molecule has 0 unspecified atom stereocenters. The summed E-state index contributed by atoms with van der Waals surface area (Å²) in [5.74, 6) is 0. The third-order valence-electron chi connectivity index (χ3n) is 0.530. The van der Waals surface area contributed by atoms with Gasteiger partial charge in [-0.2, -0.15) is 0 Å². The molecule has 0 fully saturated rings. The molecule has 0 aromatic carbocycles. The summed E-state index contributed by atoms with van der Waals surface area (Å²) in [6, 6.07) is 0. The zero-order valence-electron chi connectivity index (χ0n) is 4.68. The molecule has 0 aromatic rings. The average molecular weight is 114 g/mol. The van der Waals surface area contributed by atoms with Gasteiger partial charge >= 0.3 is 0 Å². The van der Waals surface area contributed by atoms with E-state index in [0.29, 0.717) is 0 Å². The predicted molar refractivity (Wildman–Crippen MR) is 37.6 cm³/mol. The van der Waals surface area contributed by atoms with E-state index in [9.17, 15) is 0 Å². The molecule has 7 heavy (non-hydrogen) atoms. The van der Waals surface area contributed by atoms with Crippen molar-refractivity contribution in [1.29, 1.82) is 0 Å². The minimum absolute atomic E-state index is 1.04. The van der Waals surface area contributed by atoms with E-state index in [1.165, 1.54) is 0 Å². The third kappa shape index (κ3) is 5.83. The van der Waals surface area contributed by atoms with Crippen molar-refractivity contribution in [2.45, 2.75) is 13.8 Å². The summed E-state index contributed by atoms with van der Waals surface area (Å²) < 4.78 is 0. The molecule has 1 heteroatoms. The minimum atomic E-state index is 1.04. The van der Waals surface area contributed by atoms with Crippen LogP contribution in [0.4, 0.5) is 0 Å². The Morgan fingerprint density at radius 1 is 1.57 bits per heavy atom. The highest BCUT2D eigenvalue weighted by molar-refractivity contribution is 7.84. The summed E-state index contributed by atoms with van der Waals surface area (Å²) in [5, 5.41) is 0. The lowest BCUT2D eigenvalue weighted by Gasteiger charge is -1.77. The molecule has 0 rings (SSSR count). The van der Waals surface area contributed by atoms with Crippen molar-refractivity contribution >= 4 is 12.6 Å². The van der Waals surface area contributed by atoms with Crippen LogP contribution in [0.15, 0.2) is 23.1 Å². The molecule has 0 heterocycles. The van der Waals surface area contributed by atoms with Gasteiger partial charge < -0.3 is 0 Å². The Labute approximate surface area is 50.3 Å². The first-order chi connectivity index (χ1) is 3.27. The molecule has 0 aromatic heterocycles. The van der Waals surface area contributed by atoms with Gasteiger partial charge in [-0.05, 0) is 18.8 Å². The second-order valence-electron chi connectivity index (χ2n) is 1.33. The molecule has 0 nitrogen and oxygen atoms in total. The van der Waals surface area contributed by atoms with E-state index in [1.807, 2.05) is 32.1 Å². The normalized spacial score (nSPS) is 13.3. The molecular formula is C6H10S. The van der Waals surface area contributed by atoms with Crippen LogP contribution in [0.2, 0.25) is 0 Å². The lowest BCUT2D eigenvalue weighted by molar-refractivity contribution is 1.65. The fraction of sp³-hybridized carbons (Fsp3) is 0.333. The molecule has 0 saturated carbocycles. The van der Waals surface area contributed by atoms with Crippen LogP contribution in [0.1, 0.15) is 13.8 Å². The fourth-order valence-electron chi connectivity index (χ4n) is 0.235. The van der Waals surface area contributed by atoms with Crippen molar-refractivity contribution in [3.05, 3.63) is 23.1 Å². The Bertz CT molecular complexity index is 86.4. The minimum Gasteiger partial charge on any atom is -0.148 e. The Kier molecular flexibility index (Phi) is 3.90. The highest BCUT2D eigenvalue weighted by atomic mass is 32.1. The quantitative estimate of drug-likeness (QED) is 0.393. The topological polar surface area (TPSA) is 0 Å². The lowest BCUT2D eigenvalue weighted by atomic mass is 10.5. The summed E-state index contributed by atoms with van der Waals surface area (Å²) >= 11 is 4.04. The molecule has 0 amide bonds. The zero-order valence-corrected chi connectivity index (χ0v) is 5.57. The van der Waals surface area contributed by atoms with Gasteiger partial charge in [-0.1, -0.05) is 18.2 Å². The summed E-state index contributed by atoms with van der Waals surface area (Å²) in [6.45, 7) is 3.93. The highest BCUT2D eigenvalue weighted by Crippen LogP contribution is 1.95. The van der Waals surface area contributed by atoms with Crippen LogP contribution in [-0.2, 0) is 0 Å². The van der Waals surface area contributed by atoms with E-state index in [0.717, 1.165) is 4.91 Å². The van der Waals surface area contributed by atoms with Crippen LogP contribution < -0.4 is 0 Å². The van der Waals surface area contributed by atoms with Gasteiger partial charge in [0.15, 0.2) is 0 Å². The molecule has 0 atom stereocenters. The van der Waals surface area contributed by atoms with Crippen molar-refractivity contribution in [3.63, 3.8) is 0 Å². The van der Waals surface area contributed by atoms with E-state index in [-0.39, 0.29) is 0 Å². The second-order valence-corrected chi connectivity index (χ2v) is 2.04. The molecule has 0 aliphatic heterocycles. The van der Waals surface area contributed by atoms with Gasteiger partial charge in [-0.25, -0.2) is 0 Å². The second kappa shape index (κ2) is 4.00. The summed E-state index contributed by atoms with van der Waals surface area (Å²) in [4.78, 5) is 1.04. The predicted octanol–water partition coefficient (Wildman–Crippen LogP) is 2.40.